The van der Waals surface area contributed by atoms with E-state index >= 15 is 0 Å². The fourth-order valence-corrected chi connectivity index (χ4v) is 4.33. The van der Waals surface area contributed by atoms with Crippen molar-refractivity contribution in [3.8, 4) is 17.2 Å². The second kappa shape index (κ2) is 10.4. The molecule has 0 spiro atoms. The Balaban J connectivity index is 1.35. The predicted octanol–water partition coefficient (Wildman–Crippen LogP) is 4.82. The minimum Gasteiger partial charge on any atom is -0.342 e. The van der Waals surface area contributed by atoms with Gasteiger partial charge in [0.15, 0.2) is 0 Å². The first kappa shape index (κ1) is 22.7. The molecule has 0 saturated carbocycles. The van der Waals surface area contributed by atoms with E-state index in [1.807, 2.05) is 61.6 Å². The minimum absolute atomic E-state index is 0.0555. The normalized spacial score (nSPS) is 17.5. The van der Waals surface area contributed by atoms with E-state index in [2.05, 4.69) is 16.9 Å². The number of carbonyl (C=O) groups is 1. The number of rotatable bonds is 7. The number of halogens is 1. The van der Waals surface area contributed by atoms with E-state index in [-0.39, 0.29) is 17.8 Å². The van der Waals surface area contributed by atoms with Crippen LogP contribution < -0.4 is 10.9 Å². The van der Waals surface area contributed by atoms with Crippen molar-refractivity contribution in [2.24, 2.45) is 0 Å². The summed E-state index contributed by atoms with van der Waals surface area (Å²) in [5.41, 5.74) is 10.4. The lowest BCUT2D eigenvalue weighted by Crippen LogP contribution is -2.32. The van der Waals surface area contributed by atoms with Gasteiger partial charge in [0.1, 0.15) is 5.82 Å². The maximum Gasteiger partial charge on any atom is 0.254 e. The van der Waals surface area contributed by atoms with Gasteiger partial charge in [0, 0.05) is 36.8 Å². The number of hydrogen-bond donors (Lipinski definition) is 2. The Labute approximate surface area is 193 Å². The molecule has 0 aromatic heterocycles. The maximum atomic E-state index is 13.2. The Kier molecular flexibility index (Phi) is 7.13. The van der Waals surface area contributed by atoms with Crippen molar-refractivity contribution in [1.29, 1.82) is 5.26 Å². The summed E-state index contributed by atoms with van der Waals surface area (Å²) in [6, 6.07) is 24.0. The topological polar surface area (TPSA) is 68.2 Å². The standard InChI is InChI=1S/C27H27FN4O/c1-32(16-6-8-22-17-26(31-30-22)19-12-14-21(28)15-13-19)27(33)25-11-5-4-10-24(25)23-9-3-2-7-20(23)18-29/h2-5,7,9-15,22,26,30-31H,6,8,16-17H2,1H3. The summed E-state index contributed by atoms with van der Waals surface area (Å²) in [5.74, 6) is -0.285. The SMILES string of the molecule is CN(CCCC1CC(c2ccc(F)cc2)NN1)C(=O)c1ccccc1-c1ccccc1C#N. The summed E-state index contributed by atoms with van der Waals surface area (Å²) in [4.78, 5) is 15.0. The van der Waals surface area contributed by atoms with Crippen LogP contribution in [0.1, 0.15) is 46.8 Å². The third-order valence-electron chi connectivity index (χ3n) is 6.14. The van der Waals surface area contributed by atoms with Crippen LogP contribution in [0.15, 0.2) is 72.8 Å². The van der Waals surface area contributed by atoms with Crippen molar-refractivity contribution in [3.63, 3.8) is 0 Å². The molecule has 1 aliphatic rings. The average molecular weight is 443 g/mol. The average Bonchev–Trinajstić information content (AvgIpc) is 3.32. The van der Waals surface area contributed by atoms with E-state index in [0.717, 1.165) is 36.0 Å². The van der Waals surface area contributed by atoms with Gasteiger partial charge in [-0.15, -0.1) is 0 Å². The highest BCUT2D eigenvalue weighted by Crippen LogP contribution is 2.28. The molecule has 5 nitrogen and oxygen atoms in total. The first-order valence-corrected chi connectivity index (χ1v) is 11.2. The van der Waals surface area contributed by atoms with Crippen molar-refractivity contribution in [1.82, 2.24) is 15.8 Å². The number of benzene rings is 3. The number of hydrazine groups is 1. The van der Waals surface area contributed by atoms with E-state index in [4.69, 9.17) is 0 Å². The largest absolute Gasteiger partial charge is 0.342 e. The molecule has 33 heavy (non-hydrogen) atoms. The van der Waals surface area contributed by atoms with E-state index in [1.165, 1.54) is 12.1 Å². The lowest BCUT2D eigenvalue weighted by atomic mass is 9.95. The molecule has 0 radical (unpaired) electrons. The Morgan fingerprint density at radius 3 is 2.48 bits per heavy atom. The highest BCUT2D eigenvalue weighted by molar-refractivity contribution is 6.01. The van der Waals surface area contributed by atoms with Crippen molar-refractivity contribution < 1.29 is 9.18 Å². The number of nitriles is 1. The fourth-order valence-electron chi connectivity index (χ4n) is 4.33. The van der Waals surface area contributed by atoms with Crippen LogP contribution in [0.2, 0.25) is 0 Å². The molecule has 3 aromatic rings. The number of amides is 1. The van der Waals surface area contributed by atoms with Gasteiger partial charge in [-0.25, -0.2) is 4.39 Å². The van der Waals surface area contributed by atoms with Crippen LogP contribution in [-0.2, 0) is 0 Å². The molecule has 0 bridgehead atoms. The van der Waals surface area contributed by atoms with Crippen LogP contribution in [0.5, 0.6) is 0 Å². The van der Waals surface area contributed by atoms with Crippen LogP contribution in [0.4, 0.5) is 4.39 Å². The molecule has 1 saturated heterocycles. The van der Waals surface area contributed by atoms with E-state index in [0.29, 0.717) is 23.7 Å². The minimum atomic E-state index is -0.230. The molecule has 168 valence electrons. The van der Waals surface area contributed by atoms with Gasteiger partial charge in [-0.3, -0.25) is 15.6 Å². The number of nitrogens with one attached hydrogen (secondary N) is 2. The zero-order valence-electron chi connectivity index (χ0n) is 18.6. The maximum absolute atomic E-state index is 13.2. The zero-order chi connectivity index (χ0) is 23.2. The Morgan fingerprint density at radius 2 is 1.73 bits per heavy atom. The highest BCUT2D eigenvalue weighted by Gasteiger charge is 2.25. The number of hydrogen-bond acceptors (Lipinski definition) is 4. The summed E-state index contributed by atoms with van der Waals surface area (Å²) < 4.78 is 13.2. The van der Waals surface area contributed by atoms with Crippen molar-refractivity contribution in [2.75, 3.05) is 13.6 Å². The summed E-state index contributed by atoms with van der Waals surface area (Å²) in [6.07, 6.45) is 2.69. The monoisotopic (exact) mass is 442 g/mol. The van der Waals surface area contributed by atoms with Gasteiger partial charge in [-0.05, 0) is 54.7 Å². The Hall–Kier alpha value is -3.53. The highest BCUT2D eigenvalue weighted by atomic mass is 19.1. The van der Waals surface area contributed by atoms with Gasteiger partial charge < -0.3 is 4.90 Å². The molecular formula is C27H27FN4O. The summed E-state index contributed by atoms with van der Waals surface area (Å²) in [7, 11) is 1.82. The molecular weight excluding hydrogens is 415 g/mol. The second-order valence-electron chi connectivity index (χ2n) is 8.40. The third-order valence-corrected chi connectivity index (χ3v) is 6.14. The molecule has 6 heteroatoms. The van der Waals surface area contributed by atoms with Gasteiger partial charge in [-0.2, -0.15) is 5.26 Å². The predicted molar refractivity (Wildman–Crippen MR) is 127 cm³/mol. The molecule has 1 amide bonds. The molecule has 1 fully saturated rings. The molecule has 0 aliphatic carbocycles. The zero-order valence-corrected chi connectivity index (χ0v) is 18.6. The van der Waals surface area contributed by atoms with Crippen molar-refractivity contribution >= 4 is 5.91 Å². The summed E-state index contributed by atoms with van der Waals surface area (Å²) in [6.45, 7) is 0.631. The van der Waals surface area contributed by atoms with E-state index < -0.39 is 0 Å². The fraction of sp³-hybridized carbons (Fsp3) is 0.259. The van der Waals surface area contributed by atoms with Gasteiger partial charge in [-0.1, -0.05) is 48.5 Å². The van der Waals surface area contributed by atoms with E-state index in [1.54, 1.807) is 11.0 Å². The van der Waals surface area contributed by atoms with E-state index in [9.17, 15) is 14.4 Å². The summed E-state index contributed by atoms with van der Waals surface area (Å²) in [5, 5.41) is 9.47. The second-order valence-corrected chi connectivity index (χ2v) is 8.40. The molecule has 1 heterocycles. The first-order chi connectivity index (χ1) is 16.1. The first-order valence-electron chi connectivity index (χ1n) is 11.2. The van der Waals surface area contributed by atoms with Crippen LogP contribution in [-0.4, -0.2) is 30.4 Å². The van der Waals surface area contributed by atoms with Crippen molar-refractivity contribution in [2.45, 2.75) is 31.3 Å². The molecule has 2 atom stereocenters. The van der Waals surface area contributed by atoms with Crippen LogP contribution in [0.25, 0.3) is 11.1 Å². The van der Waals surface area contributed by atoms with Crippen LogP contribution in [0.3, 0.4) is 0 Å². The van der Waals surface area contributed by atoms with Gasteiger partial charge in [0.2, 0.25) is 0 Å². The third kappa shape index (κ3) is 5.28. The number of carbonyl (C=O) groups excluding carboxylic acids is 1. The molecule has 3 aromatic carbocycles. The Bertz CT molecular complexity index is 1160. The summed E-state index contributed by atoms with van der Waals surface area (Å²) >= 11 is 0. The quantitative estimate of drug-likeness (QED) is 0.550. The molecule has 2 unspecified atom stereocenters. The van der Waals surface area contributed by atoms with Crippen molar-refractivity contribution in [3.05, 3.63) is 95.3 Å². The molecule has 1 aliphatic heterocycles. The van der Waals surface area contributed by atoms with Crippen LogP contribution >= 0.6 is 0 Å². The lowest BCUT2D eigenvalue weighted by Gasteiger charge is -2.20. The van der Waals surface area contributed by atoms with Gasteiger partial charge in [0.05, 0.1) is 11.6 Å². The molecule has 2 N–H and O–H groups in total. The smallest absolute Gasteiger partial charge is 0.254 e. The number of nitrogens with zero attached hydrogens (tertiary/aromatic N) is 2. The van der Waals surface area contributed by atoms with Crippen LogP contribution in [0, 0.1) is 17.1 Å². The lowest BCUT2D eigenvalue weighted by molar-refractivity contribution is 0.0792. The van der Waals surface area contributed by atoms with Gasteiger partial charge in [0.25, 0.3) is 5.91 Å². The Morgan fingerprint density at radius 1 is 1.03 bits per heavy atom. The van der Waals surface area contributed by atoms with Gasteiger partial charge >= 0.3 is 0 Å². The molecule has 4 rings (SSSR count).